The predicted molar refractivity (Wildman–Crippen MR) is 223 cm³/mol. The quantitative estimate of drug-likeness (QED) is 0.0662. The molecule has 0 aliphatic rings. The van der Waals surface area contributed by atoms with Crippen molar-refractivity contribution < 1.29 is 42.7 Å². The molecular weight excluding hydrogens is 745 g/mol. The number of urea groups is 1. The molecule has 0 aliphatic carbocycles. The first-order chi connectivity index (χ1) is 27.9. The van der Waals surface area contributed by atoms with E-state index in [1.165, 1.54) is 12.0 Å². The zero-order valence-corrected chi connectivity index (χ0v) is 34.0. The van der Waals surface area contributed by atoms with Crippen LogP contribution in [0.5, 0.6) is 28.9 Å². The number of nitrogens with one attached hydrogen (secondary N) is 2. The molecule has 0 saturated carbocycles. The number of ether oxygens (including phenoxy) is 7. The third-order valence-electron chi connectivity index (χ3n) is 8.76. The molecule has 0 unspecified atom stereocenters. The molecule has 5 aromatic rings. The number of carbonyl (C=O) groups is 2. The molecule has 0 fully saturated rings. The van der Waals surface area contributed by atoms with Crippen LogP contribution in [-0.2, 0) is 19.6 Å². The smallest absolute Gasteiger partial charge is 0.324 e. The molecule has 1 heterocycles. The van der Waals surface area contributed by atoms with Crippen LogP contribution >= 0.6 is 0 Å². The number of anilines is 4. The average molecular weight is 797 g/mol. The van der Waals surface area contributed by atoms with E-state index >= 15 is 0 Å². The Balaban J connectivity index is 1.43. The van der Waals surface area contributed by atoms with Gasteiger partial charge in [0.2, 0.25) is 11.8 Å². The van der Waals surface area contributed by atoms with Gasteiger partial charge < -0.3 is 49.5 Å². The molecule has 5 rings (SSSR count). The molecular formula is C43H52N6O9. The molecule has 0 saturated heterocycles. The standard InChI is InChI=1S/C43H52N6O9/c1-8-45-40(50)35-22-29(43(2,3)4)23-37(39(35)54-7)49(41(44)51)36-27-33(21-28-11-9-10-12-34(28)36)58-38-13-14-46-42(48-38)47-30-24-31(53-6)26-32(25-30)57-20-19-56-18-17-55-16-15-52-5/h9-14,21-27H,8,15-20H2,1-7H3,(H2,44,51)(H,45,50)(H,46,47,48). The Morgan fingerprint density at radius 2 is 1.52 bits per heavy atom. The summed E-state index contributed by atoms with van der Waals surface area (Å²) in [7, 11) is 4.65. The Labute approximate surface area is 338 Å². The minimum absolute atomic E-state index is 0.193. The number of nitrogens with two attached hydrogens (primary N) is 1. The zero-order chi connectivity index (χ0) is 41.7. The zero-order valence-electron chi connectivity index (χ0n) is 34.0. The van der Waals surface area contributed by atoms with Crippen LogP contribution in [0.4, 0.5) is 27.8 Å². The summed E-state index contributed by atoms with van der Waals surface area (Å²) in [5.74, 6) is 1.79. The van der Waals surface area contributed by atoms with Gasteiger partial charge in [-0.15, -0.1) is 0 Å². The summed E-state index contributed by atoms with van der Waals surface area (Å²) in [6.07, 6.45) is 1.56. The third-order valence-corrected chi connectivity index (χ3v) is 8.76. The van der Waals surface area contributed by atoms with Gasteiger partial charge in [0.05, 0.1) is 64.2 Å². The van der Waals surface area contributed by atoms with E-state index in [4.69, 9.17) is 38.9 Å². The highest BCUT2D eigenvalue weighted by Gasteiger charge is 2.29. The Morgan fingerprint density at radius 3 is 2.21 bits per heavy atom. The molecule has 15 heteroatoms. The van der Waals surface area contributed by atoms with Gasteiger partial charge in [0.1, 0.15) is 23.9 Å². The second-order valence-corrected chi connectivity index (χ2v) is 13.9. The van der Waals surface area contributed by atoms with E-state index in [0.29, 0.717) is 85.9 Å². The summed E-state index contributed by atoms with van der Waals surface area (Å²) in [6, 6.07) is 20.8. The lowest BCUT2D eigenvalue weighted by atomic mass is 9.85. The van der Waals surface area contributed by atoms with Gasteiger partial charge >= 0.3 is 6.03 Å². The molecule has 0 bridgehead atoms. The van der Waals surface area contributed by atoms with E-state index in [0.717, 1.165) is 10.9 Å². The van der Waals surface area contributed by atoms with Crippen molar-refractivity contribution in [1.29, 1.82) is 0 Å². The molecule has 0 atom stereocenters. The summed E-state index contributed by atoms with van der Waals surface area (Å²) in [5.41, 5.74) is 8.18. The van der Waals surface area contributed by atoms with Crippen molar-refractivity contribution in [2.24, 2.45) is 5.73 Å². The minimum atomic E-state index is -0.792. The number of amides is 3. The van der Waals surface area contributed by atoms with E-state index in [2.05, 4.69) is 20.6 Å². The Bertz CT molecular complexity index is 2180. The first-order valence-electron chi connectivity index (χ1n) is 18.8. The van der Waals surface area contributed by atoms with Crippen LogP contribution < -0.4 is 40.2 Å². The van der Waals surface area contributed by atoms with E-state index in [1.54, 1.807) is 56.8 Å². The van der Waals surface area contributed by atoms with Crippen molar-refractivity contribution in [3.05, 3.63) is 90.1 Å². The van der Waals surface area contributed by atoms with Crippen molar-refractivity contribution >= 4 is 45.7 Å². The molecule has 58 heavy (non-hydrogen) atoms. The van der Waals surface area contributed by atoms with Crippen molar-refractivity contribution in [1.82, 2.24) is 15.3 Å². The lowest BCUT2D eigenvalue weighted by Gasteiger charge is -2.29. The SMILES string of the molecule is CCNC(=O)c1cc(C(C)(C)C)cc(N(C(N)=O)c2cc(Oc3ccnc(Nc4cc(OC)cc(OCCOCCOCCOC)c4)n3)cc3ccccc23)c1OC. The molecule has 0 aliphatic heterocycles. The lowest BCUT2D eigenvalue weighted by Crippen LogP contribution is -2.33. The van der Waals surface area contributed by atoms with Gasteiger partial charge in [-0.25, -0.2) is 9.78 Å². The van der Waals surface area contributed by atoms with Crippen LogP contribution in [0.1, 0.15) is 43.6 Å². The second-order valence-electron chi connectivity index (χ2n) is 13.9. The largest absolute Gasteiger partial charge is 0.497 e. The van der Waals surface area contributed by atoms with Gasteiger partial charge in [0.25, 0.3) is 5.91 Å². The van der Waals surface area contributed by atoms with E-state index in [1.807, 2.05) is 64.1 Å². The van der Waals surface area contributed by atoms with E-state index in [9.17, 15) is 9.59 Å². The Hall–Kier alpha value is -6.16. The van der Waals surface area contributed by atoms with Crippen LogP contribution in [0, 0.1) is 0 Å². The van der Waals surface area contributed by atoms with Gasteiger partial charge in [-0.2, -0.15) is 4.98 Å². The monoisotopic (exact) mass is 796 g/mol. The number of fused-ring (bicyclic) bond motifs is 1. The number of benzene rings is 4. The maximum Gasteiger partial charge on any atom is 0.324 e. The van der Waals surface area contributed by atoms with Gasteiger partial charge in [-0.1, -0.05) is 45.0 Å². The molecule has 15 nitrogen and oxygen atoms in total. The van der Waals surface area contributed by atoms with Crippen LogP contribution in [0.25, 0.3) is 10.8 Å². The summed E-state index contributed by atoms with van der Waals surface area (Å²) >= 11 is 0. The number of methoxy groups -OCH3 is 3. The number of primary amides is 1. The molecule has 4 N–H and O–H groups in total. The van der Waals surface area contributed by atoms with Gasteiger partial charge in [-0.3, -0.25) is 9.69 Å². The van der Waals surface area contributed by atoms with Crippen molar-refractivity contribution in [3.63, 3.8) is 0 Å². The van der Waals surface area contributed by atoms with Crippen molar-refractivity contribution in [2.45, 2.75) is 33.1 Å². The first-order valence-corrected chi connectivity index (χ1v) is 18.8. The number of nitrogens with zero attached hydrogens (tertiary/aromatic N) is 3. The van der Waals surface area contributed by atoms with Gasteiger partial charge in [0, 0.05) is 61.3 Å². The topological polar surface area (TPSA) is 178 Å². The highest BCUT2D eigenvalue weighted by Crippen LogP contribution is 2.44. The number of rotatable bonds is 20. The van der Waals surface area contributed by atoms with Crippen molar-refractivity contribution in [3.8, 4) is 28.9 Å². The summed E-state index contributed by atoms with van der Waals surface area (Å²) in [6.45, 7) is 10.9. The first kappa shape index (κ1) is 43.0. The number of aromatic nitrogens is 2. The summed E-state index contributed by atoms with van der Waals surface area (Å²) in [4.78, 5) is 37.3. The fraction of sp³-hybridized carbons (Fsp3) is 0.349. The van der Waals surface area contributed by atoms with Crippen LogP contribution in [0.3, 0.4) is 0 Å². The normalized spacial score (nSPS) is 11.2. The summed E-state index contributed by atoms with van der Waals surface area (Å²) in [5, 5.41) is 7.51. The number of hydrogen-bond acceptors (Lipinski definition) is 12. The average Bonchev–Trinajstić information content (AvgIpc) is 3.19. The van der Waals surface area contributed by atoms with Crippen LogP contribution in [-0.4, -0.2) is 89.4 Å². The van der Waals surface area contributed by atoms with Crippen molar-refractivity contribution in [2.75, 3.05) is 77.7 Å². The molecule has 0 spiro atoms. The molecule has 308 valence electrons. The molecule has 4 aromatic carbocycles. The fourth-order valence-corrected chi connectivity index (χ4v) is 5.96. The van der Waals surface area contributed by atoms with E-state index in [-0.39, 0.29) is 29.0 Å². The minimum Gasteiger partial charge on any atom is -0.497 e. The summed E-state index contributed by atoms with van der Waals surface area (Å²) < 4.78 is 39.6. The van der Waals surface area contributed by atoms with Gasteiger partial charge in [-0.05, 0) is 41.5 Å². The van der Waals surface area contributed by atoms with Crippen LogP contribution in [0.15, 0.2) is 79.0 Å². The van der Waals surface area contributed by atoms with Crippen LogP contribution in [0.2, 0.25) is 0 Å². The molecule has 3 amide bonds. The second kappa shape index (κ2) is 20.3. The fourth-order valence-electron chi connectivity index (χ4n) is 5.96. The maximum atomic E-state index is 13.6. The predicted octanol–water partition coefficient (Wildman–Crippen LogP) is 7.51. The van der Waals surface area contributed by atoms with E-state index < -0.39 is 11.4 Å². The maximum absolute atomic E-state index is 13.6. The number of carbonyl (C=O) groups excluding carboxylic acids is 2. The third kappa shape index (κ3) is 11.2. The highest BCUT2D eigenvalue weighted by atomic mass is 16.6. The van der Waals surface area contributed by atoms with Gasteiger partial charge in [0.15, 0.2) is 5.75 Å². The lowest BCUT2D eigenvalue weighted by molar-refractivity contribution is 0.0179. The highest BCUT2D eigenvalue weighted by molar-refractivity contribution is 6.10. The number of hydrogen-bond donors (Lipinski definition) is 3. The Kier molecular flexibility index (Phi) is 15.1. The molecule has 0 radical (unpaired) electrons. The Morgan fingerprint density at radius 1 is 0.793 bits per heavy atom. The molecule has 1 aromatic heterocycles.